The van der Waals surface area contributed by atoms with E-state index in [0.717, 1.165) is 17.1 Å². The molecule has 5 rings (SSSR count). The van der Waals surface area contributed by atoms with Gasteiger partial charge in [-0.25, -0.2) is 4.39 Å². The maximum atomic E-state index is 14.1. The van der Waals surface area contributed by atoms with Gasteiger partial charge in [-0.1, -0.05) is 12.1 Å². The van der Waals surface area contributed by atoms with E-state index < -0.39 is 0 Å². The van der Waals surface area contributed by atoms with Crippen molar-refractivity contribution in [2.24, 2.45) is 0 Å². The predicted molar refractivity (Wildman–Crippen MR) is 141 cm³/mol. The van der Waals surface area contributed by atoms with Crippen molar-refractivity contribution in [2.45, 2.75) is 19.0 Å². The summed E-state index contributed by atoms with van der Waals surface area (Å²) in [5, 5.41) is 6.75. The zero-order chi connectivity index (χ0) is 25.2. The van der Waals surface area contributed by atoms with Crippen LogP contribution in [0.15, 0.2) is 85.2 Å². The smallest absolute Gasteiger partial charge is 0.221 e. The van der Waals surface area contributed by atoms with Gasteiger partial charge in [-0.2, -0.15) is 0 Å². The van der Waals surface area contributed by atoms with Crippen molar-refractivity contribution in [3.8, 4) is 11.4 Å². The van der Waals surface area contributed by atoms with Gasteiger partial charge in [-0.05, 0) is 72.9 Å². The lowest BCUT2D eigenvalue weighted by atomic mass is 10.0. The van der Waals surface area contributed by atoms with Gasteiger partial charge in [0.2, 0.25) is 5.91 Å². The molecule has 0 saturated carbocycles. The number of carbonyl (C=O) groups is 1. The van der Waals surface area contributed by atoms with Crippen molar-refractivity contribution in [1.82, 2.24) is 14.9 Å². The molecule has 2 N–H and O–H groups in total. The van der Waals surface area contributed by atoms with Gasteiger partial charge in [0.05, 0.1) is 24.5 Å². The fourth-order valence-corrected chi connectivity index (χ4v) is 4.91. The maximum absolute atomic E-state index is 14.1. The Kier molecular flexibility index (Phi) is 6.39. The van der Waals surface area contributed by atoms with E-state index in [1.165, 1.54) is 19.1 Å². The summed E-state index contributed by atoms with van der Waals surface area (Å²) in [5.41, 5.74) is 3.69. The first-order valence-electron chi connectivity index (χ1n) is 11.4. The molecule has 2 aromatic heterocycles. The molecule has 1 fully saturated rings. The number of halogens is 1. The second-order valence-electron chi connectivity index (χ2n) is 8.35. The number of benzene rings is 2. The zero-order valence-electron chi connectivity index (χ0n) is 19.7. The van der Waals surface area contributed by atoms with Crippen molar-refractivity contribution in [3.05, 3.63) is 102 Å². The van der Waals surface area contributed by atoms with E-state index in [2.05, 4.69) is 15.6 Å². The molecule has 0 unspecified atom stereocenters. The highest BCUT2D eigenvalue weighted by atomic mass is 32.1. The number of hydrogen-bond acceptors (Lipinski definition) is 4. The Balaban J connectivity index is 1.66. The summed E-state index contributed by atoms with van der Waals surface area (Å²) in [6.45, 7) is 1.44. The number of thiocarbonyl (C=S) groups is 1. The predicted octanol–water partition coefficient (Wildman–Crippen LogP) is 5.16. The van der Waals surface area contributed by atoms with Gasteiger partial charge in [0.25, 0.3) is 0 Å². The van der Waals surface area contributed by atoms with Crippen LogP contribution in [0.5, 0.6) is 5.75 Å². The maximum Gasteiger partial charge on any atom is 0.221 e. The minimum atomic E-state index is -0.329. The second kappa shape index (κ2) is 9.79. The molecule has 1 aliphatic heterocycles. The molecule has 182 valence electrons. The van der Waals surface area contributed by atoms with Crippen LogP contribution in [0.2, 0.25) is 0 Å². The number of methoxy groups -OCH3 is 1. The summed E-state index contributed by atoms with van der Waals surface area (Å²) < 4.78 is 21.5. The normalized spacial score (nSPS) is 17.1. The van der Waals surface area contributed by atoms with Gasteiger partial charge in [-0.15, -0.1) is 0 Å². The Labute approximate surface area is 213 Å². The SMILES string of the molecule is COc1ccc(N2C(=S)N[C@@H](c3ccccn3)[C@@H]2c2cccn2-c2cccc(F)c2)cc1NC(C)=O. The van der Waals surface area contributed by atoms with E-state index in [-0.39, 0.29) is 23.8 Å². The number of nitrogens with zero attached hydrogens (tertiary/aromatic N) is 3. The number of ether oxygens (including phenoxy) is 1. The van der Waals surface area contributed by atoms with E-state index in [1.54, 1.807) is 25.4 Å². The number of pyridine rings is 1. The molecule has 0 bridgehead atoms. The minimum absolute atomic E-state index is 0.213. The molecule has 2 aromatic carbocycles. The molecule has 36 heavy (non-hydrogen) atoms. The first-order chi connectivity index (χ1) is 17.5. The average molecular weight is 502 g/mol. The lowest BCUT2D eigenvalue weighted by Gasteiger charge is -2.29. The summed E-state index contributed by atoms with van der Waals surface area (Å²) in [5.74, 6) is 0.00362. The molecule has 1 saturated heterocycles. The fraction of sp³-hybridized carbons (Fsp3) is 0.148. The summed E-state index contributed by atoms with van der Waals surface area (Å²) in [7, 11) is 1.55. The van der Waals surface area contributed by atoms with Crippen molar-refractivity contribution in [1.29, 1.82) is 0 Å². The standard InChI is InChI=1S/C27H24FN5O2S/c1-17(34)30-22-16-20(11-12-24(22)35-2)33-26(25(31-27(33)36)21-9-3-4-13-29-21)23-10-6-14-32(23)19-8-5-7-18(28)15-19/h3-16,25-26H,1-2H3,(H,30,34)(H,31,36)/t25-,26-/m0/s1. The van der Waals surface area contributed by atoms with Gasteiger partial charge in [-0.3, -0.25) is 9.78 Å². The van der Waals surface area contributed by atoms with E-state index in [4.69, 9.17) is 17.0 Å². The molecule has 1 amide bonds. The second-order valence-corrected chi connectivity index (χ2v) is 8.73. The summed E-state index contributed by atoms with van der Waals surface area (Å²) in [4.78, 5) is 18.4. The molecule has 2 atom stereocenters. The molecule has 4 aromatic rings. The quantitative estimate of drug-likeness (QED) is 0.356. The van der Waals surface area contributed by atoms with Crippen molar-refractivity contribution >= 4 is 34.6 Å². The number of amides is 1. The Morgan fingerprint density at radius 1 is 1.08 bits per heavy atom. The van der Waals surface area contributed by atoms with Crippen molar-refractivity contribution in [3.63, 3.8) is 0 Å². The van der Waals surface area contributed by atoms with Crippen molar-refractivity contribution in [2.75, 3.05) is 17.3 Å². The number of rotatable bonds is 6. The molecular weight excluding hydrogens is 477 g/mol. The van der Waals surface area contributed by atoms with Crippen LogP contribution in [0, 0.1) is 5.82 Å². The Morgan fingerprint density at radius 2 is 1.94 bits per heavy atom. The number of aromatic nitrogens is 2. The number of anilines is 2. The van der Waals surface area contributed by atoms with Gasteiger partial charge in [0, 0.05) is 36.4 Å². The van der Waals surface area contributed by atoms with Crippen LogP contribution in [-0.2, 0) is 4.79 Å². The van der Waals surface area contributed by atoms with Gasteiger partial charge in [0.1, 0.15) is 17.6 Å². The molecule has 0 radical (unpaired) electrons. The first-order valence-corrected chi connectivity index (χ1v) is 11.8. The lowest BCUT2D eigenvalue weighted by Crippen LogP contribution is -2.30. The van der Waals surface area contributed by atoms with Crippen LogP contribution in [0.1, 0.15) is 30.4 Å². The van der Waals surface area contributed by atoms with Gasteiger partial charge >= 0.3 is 0 Å². The van der Waals surface area contributed by atoms with Crippen LogP contribution < -0.4 is 20.3 Å². The minimum Gasteiger partial charge on any atom is -0.495 e. The largest absolute Gasteiger partial charge is 0.495 e. The lowest BCUT2D eigenvalue weighted by molar-refractivity contribution is -0.114. The molecule has 7 nitrogen and oxygen atoms in total. The highest BCUT2D eigenvalue weighted by molar-refractivity contribution is 7.80. The molecule has 0 spiro atoms. The third-order valence-corrected chi connectivity index (χ3v) is 6.35. The molecular formula is C27H24FN5O2S. The van der Waals surface area contributed by atoms with Crippen LogP contribution >= 0.6 is 12.2 Å². The third-order valence-electron chi connectivity index (χ3n) is 6.04. The zero-order valence-corrected chi connectivity index (χ0v) is 20.5. The van der Waals surface area contributed by atoms with Crippen molar-refractivity contribution < 1.29 is 13.9 Å². The third kappa shape index (κ3) is 4.40. The molecule has 3 heterocycles. The number of nitrogens with one attached hydrogen (secondary N) is 2. The number of carbonyl (C=O) groups excluding carboxylic acids is 1. The Morgan fingerprint density at radius 3 is 2.67 bits per heavy atom. The van der Waals surface area contributed by atoms with Crippen LogP contribution in [0.25, 0.3) is 5.69 Å². The molecule has 1 aliphatic rings. The van der Waals surface area contributed by atoms with Crippen LogP contribution in [0.4, 0.5) is 15.8 Å². The number of hydrogen-bond donors (Lipinski definition) is 2. The topological polar surface area (TPSA) is 71.4 Å². The van der Waals surface area contributed by atoms with E-state index in [0.29, 0.717) is 22.2 Å². The highest BCUT2D eigenvalue weighted by Crippen LogP contribution is 2.43. The van der Waals surface area contributed by atoms with Gasteiger partial charge in [0.15, 0.2) is 5.11 Å². The summed E-state index contributed by atoms with van der Waals surface area (Å²) >= 11 is 5.82. The fourth-order valence-electron chi connectivity index (χ4n) is 4.56. The first kappa shape index (κ1) is 23.5. The molecule has 9 heteroatoms. The summed E-state index contributed by atoms with van der Waals surface area (Å²) in [6.07, 6.45) is 3.64. The van der Waals surface area contributed by atoms with E-state index in [9.17, 15) is 9.18 Å². The van der Waals surface area contributed by atoms with E-state index >= 15 is 0 Å². The summed E-state index contributed by atoms with van der Waals surface area (Å²) in [6, 6.07) is 21.0. The molecule has 0 aliphatic carbocycles. The highest BCUT2D eigenvalue weighted by Gasteiger charge is 2.42. The Hall–Kier alpha value is -4.24. The van der Waals surface area contributed by atoms with Gasteiger partial charge < -0.3 is 24.8 Å². The van der Waals surface area contributed by atoms with Crippen LogP contribution in [0.3, 0.4) is 0 Å². The van der Waals surface area contributed by atoms with E-state index in [1.807, 2.05) is 64.2 Å². The monoisotopic (exact) mass is 501 g/mol. The van der Waals surface area contributed by atoms with Crippen LogP contribution in [-0.4, -0.2) is 27.7 Å². The average Bonchev–Trinajstić information content (AvgIpc) is 3.48. The Bertz CT molecular complexity index is 1420.